The highest BCUT2D eigenvalue weighted by Crippen LogP contribution is 2.40. The molecule has 9 rings (SSSR count). The van der Waals surface area contributed by atoms with Crippen molar-refractivity contribution in [1.82, 2.24) is 34.1 Å². The zero-order valence-corrected chi connectivity index (χ0v) is 31.8. The maximum absolute atomic E-state index is 13.5. The van der Waals surface area contributed by atoms with Crippen molar-refractivity contribution in [2.45, 2.75) is 88.6 Å². The van der Waals surface area contributed by atoms with Crippen LogP contribution >= 0.6 is 0 Å². The third-order valence-corrected chi connectivity index (χ3v) is 12.6. The topological polar surface area (TPSA) is 139 Å². The normalized spacial score (nSPS) is 24.4. The minimum absolute atomic E-state index is 0.201. The molecule has 6 heterocycles. The summed E-state index contributed by atoms with van der Waals surface area (Å²) in [4.78, 5) is 59.7. The molecular formula is C41H44F3N9O4. The number of aryl methyl sites for hydroxylation is 2. The number of anilines is 2. The molecule has 4 aliphatic rings. The molecule has 298 valence electrons. The predicted octanol–water partition coefficient (Wildman–Crippen LogP) is 5.73. The molecule has 16 heteroatoms. The summed E-state index contributed by atoms with van der Waals surface area (Å²) in [6.07, 6.45) is 4.26. The van der Waals surface area contributed by atoms with Gasteiger partial charge in [-0.25, -0.2) is 9.78 Å². The molecule has 3 aliphatic heterocycles. The lowest BCUT2D eigenvalue weighted by atomic mass is 9.85. The van der Waals surface area contributed by atoms with E-state index in [-0.39, 0.29) is 29.8 Å². The van der Waals surface area contributed by atoms with Crippen LogP contribution in [0.2, 0.25) is 0 Å². The van der Waals surface area contributed by atoms with Crippen molar-refractivity contribution in [3.63, 3.8) is 0 Å². The molecule has 2 N–H and O–H groups in total. The lowest BCUT2D eigenvalue weighted by Crippen LogP contribution is -2.55. The number of para-hydroxylation sites is 1. The summed E-state index contributed by atoms with van der Waals surface area (Å²) < 4.78 is 44.7. The molecule has 57 heavy (non-hydrogen) atoms. The van der Waals surface area contributed by atoms with Crippen molar-refractivity contribution in [1.29, 1.82) is 0 Å². The maximum atomic E-state index is 13.5. The van der Waals surface area contributed by atoms with E-state index in [9.17, 15) is 32.3 Å². The SMILES string of the molecule is Cc1cc2nn([C@H]3CC[C@H](CN4C5CCC4CN(c4cccc6c4n(C)c(=O)n6C4CCC(=O)NC4=O)C5)CC3)cc2cc1NC(=O)c1cccc(C(F)(F)F)n1. The van der Waals surface area contributed by atoms with Crippen LogP contribution in [0.25, 0.3) is 21.9 Å². The van der Waals surface area contributed by atoms with Crippen LogP contribution < -0.4 is 21.2 Å². The molecule has 4 fully saturated rings. The van der Waals surface area contributed by atoms with Gasteiger partial charge in [-0.2, -0.15) is 18.3 Å². The number of amides is 3. The standard InChI is InChI=1S/C41H44F3N9O4/c1-23-17-31-25(18-30(23)46-38(55)29-5-3-8-35(45-29)41(42,43)44)20-52(48-31)26-11-9-24(10-12-26)19-51-27-13-14-28(51)22-50(21-27)32-6-4-7-33-37(32)49(2)40(57)53(33)34-15-16-36(54)47-39(34)56/h3-8,17-18,20,24,26-28,34H,9-16,19,21-22H2,1-2H3,(H,46,55)(H,47,54,56)/t24-,26-,27?,28?,34?. The molecule has 0 spiro atoms. The van der Waals surface area contributed by atoms with Crippen LogP contribution in [0.3, 0.4) is 0 Å². The van der Waals surface area contributed by atoms with Crippen LogP contribution in [-0.4, -0.2) is 78.2 Å². The Labute approximate surface area is 325 Å². The Kier molecular flexibility index (Phi) is 9.21. The third kappa shape index (κ3) is 6.76. The fraction of sp³-hybridized carbons (Fsp3) is 0.463. The van der Waals surface area contributed by atoms with Crippen molar-refractivity contribution < 1.29 is 27.6 Å². The summed E-state index contributed by atoms with van der Waals surface area (Å²) in [6, 6.07) is 13.2. The number of fused-ring (bicyclic) bond motifs is 4. The summed E-state index contributed by atoms with van der Waals surface area (Å²) in [7, 11) is 1.76. The number of pyridine rings is 1. The van der Waals surface area contributed by atoms with Crippen LogP contribution in [0.15, 0.2) is 59.5 Å². The van der Waals surface area contributed by atoms with Crippen molar-refractivity contribution in [2.24, 2.45) is 13.0 Å². The van der Waals surface area contributed by atoms with Crippen LogP contribution in [0.1, 0.15) is 85.2 Å². The second kappa shape index (κ2) is 14.1. The number of imidazole rings is 1. The molecular weight excluding hydrogens is 740 g/mol. The second-order valence-corrected chi connectivity index (χ2v) is 16.2. The fourth-order valence-corrected chi connectivity index (χ4v) is 9.70. The van der Waals surface area contributed by atoms with E-state index in [1.165, 1.54) is 12.1 Å². The summed E-state index contributed by atoms with van der Waals surface area (Å²) in [5, 5.41) is 10.9. The number of aromatic nitrogens is 5. The molecule has 2 bridgehead atoms. The van der Waals surface area contributed by atoms with Gasteiger partial charge in [0.15, 0.2) is 0 Å². The first-order chi connectivity index (χ1) is 27.3. The van der Waals surface area contributed by atoms with Crippen LogP contribution in [-0.2, 0) is 22.8 Å². The number of nitrogens with zero attached hydrogens (tertiary/aromatic N) is 7. The summed E-state index contributed by atoms with van der Waals surface area (Å²) in [5.41, 5.74) is 2.88. The van der Waals surface area contributed by atoms with E-state index >= 15 is 0 Å². The number of rotatable bonds is 7. The van der Waals surface area contributed by atoms with E-state index in [0.29, 0.717) is 35.6 Å². The van der Waals surface area contributed by atoms with E-state index in [4.69, 9.17) is 5.10 Å². The van der Waals surface area contributed by atoms with E-state index < -0.39 is 29.7 Å². The van der Waals surface area contributed by atoms with Gasteiger partial charge in [0.05, 0.1) is 28.3 Å². The largest absolute Gasteiger partial charge is 0.433 e. The van der Waals surface area contributed by atoms with Gasteiger partial charge in [0.2, 0.25) is 11.8 Å². The van der Waals surface area contributed by atoms with Gasteiger partial charge in [-0.05, 0) is 99.7 Å². The third-order valence-electron chi connectivity index (χ3n) is 12.6. The van der Waals surface area contributed by atoms with Gasteiger partial charge < -0.3 is 10.2 Å². The fourth-order valence-electron chi connectivity index (χ4n) is 9.70. The highest BCUT2D eigenvalue weighted by atomic mass is 19.4. The highest BCUT2D eigenvalue weighted by molar-refractivity contribution is 6.04. The number of piperidine rings is 1. The first-order valence-corrected chi connectivity index (χ1v) is 19.7. The number of imide groups is 1. The van der Waals surface area contributed by atoms with E-state index in [1.807, 2.05) is 42.1 Å². The molecule has 3 saturated heterocycles. The van der Waals surface area contributed by atoms with Gasteiger partial charge in [0.25, 0.3) is 5.91 Å². The van der Waals surface area contributed by atoms with E-state index in [1.54, 1.807) is 16.2 Å². The number of hydrogen-bond donors (Lipinski definition) is 2. The summed E-state index contributed by atoms with van der Waals surface area (Å²) >= 11 is 0. The zero-order chi connectivity index (χ0) is 39.7. The number of nitrogens with one attached hydrogen (secondary N) is 2. The Balaban J connectivity index is 0.838. The molecule has 3 aromatic heterocycles. The molecule has 1 saturated carbocycles. The first kappa shape index (κ1) is 37.1. The molecule has 1 aliphatic carbocycles. The summed E-state index contributed by atoms with van der Waals surface area (Å²) in [6.45, 7) is 4.60. The Morgan fingerprint density at radius 2 is 1.65 bits per heavy atom. The van der Waals surface area contributed by atoms with Crippen molar-refractivity contribution >= 4 is 51.0 Å². The number of alkyl halides is 3. The van der Waals surface area contributed by atoms with Crippen LogP contribution in [0.5, 0.6) is 0 Å². The molecule has 13 nitrogen and oxygen atoms in total. The zero-order valence-electron chi connectivity index (χ0n) is 31.8. The minimum Gasteiger partial charge on any atom is -0.367 e. The first-order valence-electron chi connectivity index (χ1n) is 19.7. The van der Waals surface area contributed by atoms with Crippen molar-refractivity contribution in [3.05, 3.63) is 82.2 Å². The number of carbonyl (C=O) groups is 3. The Morgan fingerprint density at radius 1 is 0.930 bits per heavy atom. The molecule has 5 aromatic rings. The van der Waals surface area contributed by atoms with E-state index in [0.717, 1.165) is 91.9 Å². The number of piperazine rings is 1. The monoisotopic (exact) mass is 783 g/mol. The molecule has 3 unspecified atom stereocenters. The molecule has 2 aromatic carbocycles. The number of carbonyl (C=O) groups excluding carboxylic acids is 3. The average molecular weight is 784 g/mol. The maximum Gasteiger partial charge on any atom is 0.433 e. The predicted molar refractivity (Wildman–Crippen MR) is 207 cm³/mol. The van der Waals surface area contributed by atoms with E-state index in [2.05, 4.69) is 31.5 Å². The van der Waals surface area contributed by atoms with Crippen molar-refractivity contribution in [3.8, 4) is 0 Å². The van der Waals surface area contributed by atoms with Gasteiger partial charge in [0.1, 0.15) is 17.4 Å². The highest BCUT2D eigenvalue weighted by Gasteiger charge is 2.42. The lowest BCUT2D eigenvalue weighted by molar-refractivity contribution is -0.141. The van der Waals surface area contributed by atoms with Gasteiger partial charge >= 0.3 is 11.9 Å². The molecule has 0 radical (unpaired) electrons. The van der Waals surface area contributed by atoms with Crippen LogP contribution in [0, 0.1) is 12.8 Å². The van der Waals surface area contributed by atoms with Crippen molar-refractivity contribution in [2.75, 3.05) is 29.9 Å². The number of benzene rings is 2. The molecule has 3 atom stereocenters. The number of hydrogen-bond acceptors (Lipinski definition) is 8. The van der Waals surface area contributed by atoms with Gasteiger partial charge in [-0.1, -0.05) is 12.1 Å². The Hall–Kier alpha value is -5.51. The average Bonchev–Trinajstić information content (AvgIpc) is 3.78. The van der Waals surface area contributed by atoms with Gasteiger partial charge in [-0.3, -0.25) is 38.4 Å². The number of halogens is 3. The van der Waals surface area contributed by atoms with Gasteiger partial charge in [0, 0.05) is 62.5 Å². The summed E-state index contributed by atoms with van der Waals surface area (Å²) in [5.74, 6) is -0.886. The second-order valence-electron chi connectivity index (χ2n) is 16.2. The van der Waals surface area contributed by atoms with Crippen LogP contribution in [0.4, 0.5) is 24.5 Å². The Morgan fingerprint density at radius 3 is 2.37 bits per heavy atom. The van der Waals surface area contributed by atoms with Gasteiger partial charge in [-0.15, -0.1) is 0 Å². The molecule has 3 amide bonds. The Bertz CT molecular complexity index is 2470. The quantitative estimate of drug-likeness (QED) is 0.200. The minimum atomic E-state index is -4.65. The smallest absolute Gasteiger partial charge is 0.367 e. The lowest BCUT2D eigenvalue weighted by Gasteiger charge is -2.44.